The predicted molar refractivity (Wildman–Crippen MR) is 96.1 cm³/mol. The van der Waals surface area contributed by atoms with E-state index in [1.807, 2.05) is 31.7 Å². The summed E-state index contributed by atoms with van der Waals surface area (Å²) in [5.41, 5.74) is 0.742. The zero-order valence-electron chi connectivity index (χ0n) is 15.1. The van der Waals surface area contributed by atoms with E-state index < -0.39 is 0 Å². The molecule has 0 radical (unpaired) electrons. The molecule has 0 aromatic heterocycles. The Morgan fingerprint density at radius 2 is 1.96 bits per heavy atom. The minimum atomic E-state index is -0.236. The topological polar surface area (TPSA) is 85.2 Å². The zero-order valence-corrected chi connectivity index (χ0v) is 15.1. The molecule has 0 spiro atoms. The maximum Gasteiger partial charge on any atom is 0.317 e. The number of likely N-dealkylation sites (tertiary alicyclic amines) is 1. The Labute approximate surface area is 149 Å². The van der Waals surface area contributed by atoms with E-state index in [1.54, 1.807) is 24.3 Å². The summed E-state index contributed by atoms with van der Waals surface area (Å²) < 4.78 is 0. The zero-order chi connectivity index (χ0) is 18.4. The second-order valence-electron chi connectivity index (χ2n) is 7.51. The van der Waals surface area contributed by atoms with Crippen LogP contribution in [0.5, 0.6) is 0 Å². The minimum absolute atomic E-state index is 0.0247. The first-order valence-corrected chi connectivity index (χ1v) is 8.64. The average Bonchev–Trinajstić information content (AvgIpc) is 2.58. The normalized spacial score (nSPS) is 15.4. The molecule has 0 bridgehead atoms. The van der Waals surface area contributed by atoms with E-state index in [2.05, 4.69) is 10.6 Å². The number of hydrogen-bond acceptors (Lipinski definition) is 3. The lowest BCUT2D eigenvalue weighted by Gasteiger charge is -2.34. The van der Waals surface area contributed by atoms with Gasteiger partial charge in [-0.2, -0.15) is 5.26 Å². The molecule has 1 saturated heterocycles. The van der Waals surface area contributed by atoms with E-state index in [1.165, 1.54) is 0 Å². The average molecular weight is 342 g/mol. The molecule has 2 N–H and O–H groups in total. The van der Waals surface area contributed by atoms with Crippen LogP contribution in [0.3, 0.4) is 0 Å². The van der Waals surface area contributed by atoms with Crippen molar-refractivity contribution >= 4 is 11.9 Å². The molecule has 0 aliphatic carbocycles. The Hall–Kier alpha value is -2.55. The highest BCUT2D eigenvalue weighted by atomic mass is 16.2. The van der Waals surface area contributed by atoms with Crippen molar-refractivity contribution in [3.05, 3.63) is 35.4 Å². The van der Waals surface area contributed by atoms with Gasteiger partial charge in [-0.25, -0.2) is 4.79 Å². The Balaban J connectivity index is 1.78. The third-order valence-corrected chi connectivity index (χ3v) is 4.19. The van der Waals surface area contributed by atoms with Gasteiger partial charge in [-0.3, -0.25) is 4.79 Å². The standard InChI is InChI=1S/C19H26N4O2/c1-19(2,3)22-18(25)23-9-7-14(8-10-23)13-21-17(24)16-6-4-5-15(11-16)12-20/h4-6,11,14H,7-10,13H2,1-3H3,(H,21,24)(H,22,25). The largest absolute Gasteiger partial charge is 0.352 e. The second kappa shape index (κ2) is 8.02. The number of nitriles is 1. The molecule has 2 rings (SSSR count). The van der Waals surface area contributed by atoms with Crippen molar-refractivity contribution in [2.45, 2.75) is 39.2 Å². The Kier molecular flexibility index (Phi) is 6.02. The van der Waals surface area contributed by atoms with Crippen LogP contribution in [0.25, 0.3) is 0 Å². The highest BCUT2D eigenvalue weighted by Gasteiger charge is 2.25. The van der Waals surface area contributed by atoms with Crippen LogP contribution in [0.1, 0.15) is 49.5 Å². The lowest BCUT2D eigenvalue weighted by atomic mass is 9.96. The van der Waals surface area contributed by atoms with Crippen LogP contribution in [0.2, 0.25) is 0 Å². The van der Waals surface area contributed by atoms with Gasteiger partial charge in [0, 0.05) is 30.7 Å². The summed E-state index contributed by atoms with van der Waals surface area (Å²) in [6.45, 7) is 7.89. The van der Waals surface area contributed by atoms with E-state index in [0.717, 1.165) is 12.8 Å². The summed E-state index contributed by atoms with van der Waals surface area (Å²) in [6, 6.07) is 8.69. The number of carbonyl (C=O) groups excluding carboxylic acids is 2. The van der Waals surface area contributed by atoms with Gasteiger partial charge in [-0.1, -0.05) is 6.07 Å². The SMILES string of the molecule is CC(C)(C)NC(=O)N1CCC(CNC(=O)c2cccc(C#N)c2)CC1. The summed E-state index contributed by atoms with van der Waals surface area (Å²) in [5.74, 6) is 0.201. The highest BCUT2D eigenvalue weighted by molar-refractivity contribution is 5.94. The summed E-state index contributed by atoms with van der Waals surface area (Å²) >= 11 is 0. The van der Waals surface area contributed by atoms with Gasteiger partial charge in [0.25, 0.3) is 5.91 Å². The monoisotopic (exact) mass is 342 g/mol. The minimum Gasteiger partial charge on any atom is -0.352 e. The van der Waals surface area contributed by atoms with Crippen molar-refractivity contribution in [1.82, 2.24) is 15.5 Å². The number of benzene rings is 1. The molecule has 1 aliphatic rings. The molecule has 1 aromatic carbocycles. The molecular weight excluding hydrogens is 316 g/mol. The van der Waals surface area contributed by atoms with E-state index in [4.69, 9.17) is 5.26 Å². The fourth-order valence-corrected chi connectivity index (χ4v) is 2.81. The van der Waals surface area contributed by atoms with Crippen LogP contribution in [0.15, 0.2) is 24.3 Å². The first kappa shape index (κ1) is 18.8. The maximum absolute atomic E-state index is 12.2. The molecule has 0 atom stereocenters. The van der Waals surface area contributed by atoms with Gasteiger partial charge >= 0.3 is 6.03 Å². The van der Waals surface area contributed by atoms with Gasteiger partial charge in [0.1, 0.15) is 0 Å². The molecule has 1 aromatic rings. The number of piperidine rings is 1. The molecule has 1 heterocycles. The van der Waals surface area contributed by atoms with E-state index >= 15 is 0 Å². The van der Waals surface area contributed by atoms with E-state index in [-0.39, 0.29) is 17.5 Å². The number of amides is 3. The smallest absolute Gasteiger partial charge is 0.317 e. The molecular formula is C19H26N4O2. The van der Waals surface area contributed by atoms with Gasteiger partial charge in [0.2, 0.25) is 0 Å². The Morgan fingerprint density at radius 3 is 2.56 bits per heavy atom. The molecule has 134 valence electrons. The highest BCUT2D eigenvalue weighted by Crippen LogP contribution is 2.17. The van der Waals surface area contributed by atoms with Crippen molar-refractivity contribution in [1.29, 1.82) is 5.26 Å². The second-order valence-corrected chi connectivity index (χ2v) is 7.51. The summed E-state index contributed by atoms with van der Waals surface area (Å²) in [5, 5.41) is 14.8. The first-order valence-electron chi connectivity index (χ1n) is 8.64. The van der Waals surface area contributed by atoms with Gasteiger partial charge in [-0.15, -0.1) is 0 Å². The Bertz CT molecular complexity index is 665. The van der Waals surface area contributed by atoms with Crippen LogP contribution >= 0.6 is 0 Å². The molecule has 0 saturated carbocycles. The Morgan fingerprint density at radius 1 is 1.28 bits per heavy atom. The first-order chi connectivity index (χ1) is 11.8. The van der Waals surface area contributed by atoms with Crippen molar-refractivity contribution in [3.8, 4) is 6.07 Å². The van der Waals surface area contributed by atoms with E-state index in [0.29, 0.717) is 36.7 Å². The molecule has 1 aliphatic heterocycles. The van der Waals surface area contributed by atoms with Gasteiger partial charge in [-0.05, 0) is 57.7 Å². The van der Waals surface area contributed by atoms with Crippen molar-refractivity contribution in [3.63, 3.8) is 0 Å². The third-order valence-electron chi connectivity index (χ3n) is 4.19. The number of hydrogen-bond donors (Lipinski definition) is 2. The van der Waals surface area contributed by atoms with Crippen LogP contribution in [0, 0.1) is 17.2 Å². The lowest BCUT2D eigenvalue weighted by molar-refractivity contribution is 0.0937. The lowest BCUT2D eigenvalue weighted by Crippen LogP contribution is -2.51. The number of carbonyl (C=O) groups is 2. The van der Waals surface area contributed by atoms with Crippen molar-refractivity contribution < 1.29 is 9.59 Å². The molecule has 6 heteroatoms. The maximum atomic E-state index is 12.2. The number of urea groups is 1. The van der Waals surface area contributed by atoms with Gasteiger partial charge in [0.15, 0.2) is 0 Å². The summed E-state index contributed by atoms with van der Waals surface area (Å²) in [6.07, 6.45) is 1.74. The summed E-state index contributed by atoms with van der Waals surface area (Å²) in [7, 11) is 0. The molecule has 3 amide bonds. The quantitative estimate of drug-likeness (QED) is 0.885. The predicted octanol–water partition coefficient (Wildman–Crippen LogP) is 2.51. The number of rotatable bonds is 3. The molecule has 1 fully saturated rings. The summed E-state index contributed by atoms with van der Waals surface area (Å²) in [4.78, 5) is 26.2. The van der Waals surface area contributed by atoms with Crippen molar-refractivity contribution in [2.75, 3.05) is 19.6 Å². The van der Waals surface area contributed by atoms with Crippen LogP contribution in [-0.2, 0) is 0 Å². The molecule has 6 nitrogen and oxygen atoms in total. The van der Waals surface area contributed by atoms with Crippen LogP contribution in [-0.4, -0.2) is 42.0 Å². The van der Waals surface area contributed by atoms with Gasteiger partial charge < -0.3 is 15.5 Å². The van der Waals surface area contributed by atoms with E-state index in [9.17, 15) is 9.59 Å². The molecule has 25 heavy (non-hydrogen) atoms. The molecule has 0 unspecified atom stereocenters. The number of nitrogens with zero attached hydrogens (tertiary/aromatic N) is 2. The van der Waals surface area contributed by atoms with Gasteiger partial charge in [0.05, 0.1) is 11.6 Å². The van der Waals surface area contributed by atoms with Crippen molar-refractivity contribution in [2.24, 2.45) is 5.92 Å². The van der Waals surface area contributed by atoms with Crippen LogP contribution in [0.4, 0.5) is 4.79 Å². The van der Waals surface area contributed by atoms with Crippen LogP contribution < -0.4 is 10.6 Å². The number of nitrogens with one attached hydrogen (secondary N) is 2. The fourth-order valence-electron chi connectivity index (χ4n) is 2.81. The fraction of sp³-hybridized carbons (Fsp3) is 0.526. The third kappa shape index (κ3) is 5.79.